The number of esters is 1. The lowest BCUT2D eigenvalue weighted by atomic mass is 10.1. The zero-order valence-electron chi connectivity index (χ0n) is 17.7. The Hall–Kier alpha value is -3.87. The van der Waals surface area contributed by atoms with E-state index in [0.717, 1.165) is 27.7 Å². The summed E-state index contributed by atoms with van der Waals surface area (Å²) in [5.74, 6) is 0.863. The van der Waals surface area contributed by atoms with Crippen LogP contribution in [0.4, 0.5) is 0 Å². The Kier molecular flexibility index (Phi) is 5.84. The van der Waals surface area contributed by atoms with Crippen molar-refractivity contribution in [3.05, 3.63) is 82.9 Å². The lowest BCUT2D eigenvalue weighted by Crippen LogP contribution is -2.07. The number of hydrogen-bond acceptors (Lipinski definition) is 6. The molecule has 0 bridgehead atoms. The number of aromatic nitrogens is 3. The molecule has 0 aliphatic carbocycles. The van der Waals surface area contributed by atoms with E-state index in [1.165, 1.54) is 0 Å². The molecule has 0 amide bonds. The number of para-hydroxylation sites is 1. The summed E-state index contributed by atoms with van der Waals surface area (Å²) in [6.07, 6.45) is 0. The summed E-state index contributed by atoms with van der Waals surface area (Å²) in [6, 6.07) is 18.8. The number of benzene rings is 3. The molecule has 31 heavy (non-hydrogen) atoms. The molecule has 3 aromatic carbocycles. The van der Waals surface area contributed by atoms with E-state index in [-0.39, 0.29) is 12.6 Å². The van der Waals surface area contributed by atoms with Crippen LogP contribution in [0.25, 0.3) is 11.0 Å². The van der Waals surface area contributed by atoms with Gasteiger partial charge in [0.25, 0.3) is 0 Å². The molecule has 0 N–H and O–H groups in total. The van der Waals surface area contributed by atoms with Gasteiger partial charge in [-0.15, -0.1) is 5.10 Å². The van der Waals surface area contributed by atoms with Crippen molar-refractivity contribution in [1.82, 2.24) is 15.0 Å². The molecule has 4 rings (SSSR count). The predicted molar refractivity (Wildman–Crippen MR) is 116 cm³/mol. The van der Waals surface area contributed by atoms with Crippen LogP contribution in [0.5, 0.6) is 11.5 Å². The van der Waals surface area contributed by atoms with Crippen LogP contribution in [0.3, 0.4) is 0 Å². The summed E-state index contributed by atoms with van der Waals surface area (Å²) in [4.78, 5) is 12.5. The lowest BCUT2D eigenvalue weighted by Gasteiger charge is -2.13. The largest absolute Gasteiger partial charge is 0.493 e. The van der Waals surface area contributed by atoms with Crippen molar-refractivity contribution in [2.45, 2.75) is 20.1 Å². The van der Waals surface area contributed by atoms with Crippen LogP contribution in [0.1, 0.15) is 27.0 Å². The normalized spacial score (nSPS) is 10.8. The number of rotatable bonds is 7. The third-order valence-electron chi connectivity index (χ3n) is 5.14. The minimum atomic E-state index is -0.382. The van der Waals surface area contributed by atoms with Crippen LogP contribution >= 0.6 is 0 Å². The smallest absolute Gasteiger partial charge is 0.338 e. The predicted octanol–water partition coefficient (Wildman–Crippen LogP) is 4.16. The number of carbonyl (C=O) groups excluding carboxylic acids is 1. The van der Waals surface area contributed by atoms with Gasteiger partial charge in [-0.2, -0.15) is 0 Å². The second-order valence-electron chi connectivity index (χ2n) is 7.14. The van der Waals surface area contributed by atoms with E-state index in [9.17, 15) is 4.79 Å². The number of carbonyl (C=O) groups is 1. The molecule has 4 aromatic rings. The second kappa shape index (κ2) is 8.87. The van der Waals surface area contributed by atoms with Gasteiger partial charge in [0, 0.05) is 0 Å². The maximum Gasteiger partial charge on any atom is 0.338 e. The summed E-state index contributed by atoms with van der Waals surface area (Å²) < 4.78 is 18.0. The summed E-state index contributed by atoms with van der Waals surface area (Å²) in [6.45, 7) is 2.66. The standard InChI is InChI=1S/C24H23N3O4/c1-16-12-22(29-2)23(30-3)13-19(16)15-31-24(28)18-10-8-17(9-11-18)14-27-21-7-5-4-6-20(21)25-26-27/h4-13H,14-15H2,1-3H3. The molecular weight excluding hydrogens is 394 g/mol. The van der Waals surface area contributed by atoms with Gasteiger partial charge in [-0.05, 0) is 60.0 Å². The van der Waals surface area contributed by atoms with E-state index in [4.69, 9.17) is 14.2 Å². The molecular formula is C24H23N3O4. The number of aryl methyl sites for hydroxylation is 1. The first-order valence-electron chi connectivity index (χ1n) is 9.85. The fourth-order valence-corrected chi connectivity index (χ4v) is 3.36. The van der Waals surface area contributed by atoms with E-state index in [1.54, 1.807) is 26.4 Å². The molecule has 1 aromatic heterocycles. The average Bonchev–Trinajstić information content (AvgIpc) is 3.21. The van der Waals surface area contributed by atoms with Crippen molar-refractivity contribution >= 4 is 17.0 Å². The van der Waals surface area contributed by atoms with Crippen molar-refractivity contribution in [2.75, 3.05) is 14.2 Å². The first-order valence-corrected chi connectivity index (χ1v) is 9.85. The molecule has 0 aliphatic heterocycles. The van der Waals surface area contributed by atoms with Crippen molar-refractivity contribution in [3.8, 4) is 11.5 Å². The molecule has 0 spiro atoms. The Labute approximate surface area is 180 Å². The highest BCUT2D eigenvalue weighted by atomic mass is 16.5. The van der Waals surface area contributed by atoms with Gasteiger partial charge in [0.2, 0.25) is 0 Å². The Morgan fingerprint density at radius 2 is 1.68 bits per heavy atom. The zero-order chi connectivity index (χ0) is 21.8. The molecule has 158 valence electrons. The maximum atomic E-state index is 12.5. The fourth-order valence-electron chi connectivity index (χ4n) is 3.36. The van der Waals surface area contributed by atoms with E-state index < -0.39 is 0 Å². The number of methoxy groups -OCH3 is 2. The van der Waals surface area contributed by atoms with Crippen LogP contribution in [0.15, 0.2) is 60.7 Å². The highest BCUT2D eigenvalue weighted by Crippen LogP contribution is 2.30. The second-order valence-corrected chi connectivity index (χ2v) is 7.14. The third-order valence-corrected chi connectivity index (χ3v) is 5.14. The molecule has 1 heterocycles. The van der Waals surface area contributed by atoms with Gasteiger partial charge in [0.1, 0.15) is 12.1 Å². The third kappa shape index (κ3) is 4.35. The highest BCUT2D eigenvalue weighted by molar-refractivity contribution is 5.89. The van der Waals surface area contributed by atoms with Crippen LogP contribution in [0.2, 0.25) is 0 Å². The van der Waals surface area contributed by atoms with Crippen molar-refractivity contribution in [2.24, 2.45) is 0 Å². The Morgan fingerprint density at radius 3 is 2.42 bits per heavy atom. The van der Waals surface area contributed by atoms with Gasteiger partial charge in [-0.3, -0.25) is 0 Å². The lowest BCUT2D eigenvalue weighted by molar-refractivity contribution is 0.0472. The quantitative estimate of drug-likeness (QED) is 0.420. The topological polar surface area (TPSA) is 75.5 Å². The van der Waals surface area contributed by atoms with Crippen molar-refractivity contribution in [1.29, 1.82) is 0 Å². The molecule has 0 saturated heterocycles. The van der Waals surface area contributed by atoms with Gasteiger partial charge in [0.05, 0.1) is 31.8 Å². The molecule has 0 saturated carbocycles. The van der Waals surface area contributed by atoms with Gasteiger partial charge in [0.15, 0.2) is 11.5 Å². The van der Waals surface area contributed by atoms with Crippen molar-refractivity contribution < 1.29 is 19.0 Å². The van der Waals surface area contributed by atoms with Crippen LogP contribution in [0, 0.1) is 6.92 Å². The van der Waals surface area contributed by atoms with Crippen LogP contribution in [-0.4, -0.2) is 35.2 Å². The highest BCUT2D eigenvalue weighted by Gasteiger charge is 2.12. The first kappa shape index (κ1) is 20.4. The van der Waals surface area contributed by atoms with E-state index in [2.05, 4.69) is 10.3 Å². The van der Waals surface area contributed by atoms with Crippen LogP contribution < -0.4 is 9.47 Å². The van der Waals surface area contributed by atoms with Gasteiger partial charge >= 0.3 is 5.97 Å². The molecule has 0 fully saturated rings. The minimum absolute atomic E-state index is 0.151. The summed E-state index contributed by atoms with van der Waals surface area (Å²) in [5.41, 5.74) is 5.15. The summed E-state index contributed by atoms with van der Waals surface area (Å²) >= 11 is 0. The Bertz CT molecular complexity index is 1220. The number of fused-ring (bicyclic) bond motifs is 1. The first-order chi connectivity index (χ1) is 15.1. The Balaban J connectivity index is 1.42. The van der Waals surface area contributed by atoms with E-state index in [1.807, 2.05) is 60.1 Å². The minimum Gasteiger partial charge on any atom is -0.493 e. The molecule has 7 nitrogen and oxygen atoms in total. The number of ether oxygens (including phenoxy) is 3. The maximum absolute atomic E-state index is 12.5. The molecule has 0 unspecified atom stereocenters. The molecule has 0 aliphatic rings. The van der Waals surface area contributed by atoms with E-state index in [0.29, 0.717) is 23.6 Å². The summed E-state index contributed by atoms with van der Waals surface area (Å²) in [5, 5.41) is 8.37. The zero-order valence-corrected chi connectivity index (χ0v) is 17.7. The van der Waals surface area contributed by atoms with Gasteiger partial charge < -0.3 is 14.2 Å². The monoisotopic (exact) mass is 417 g/mol. The number of hydrogen-bond donors (Lipinski definition) is 0. The van der Waals surface area contributed by atoms with Crippen molar-refractivity contribution in [3.63, 3.8) is 0 Å². The van der Waals surface area contributed by atoms with Gasteiger partial charge in [-0.1, -0.05) is 29.5 Å². The summed E-state index contributed by atoms with van der Waals surface area (Å²) in [7, 11) is 3.17. The SMILES string of the molecule is COc1cc(C)c(COC(=O)c2ccc(Cn3nnc4ccccc43)cc2)cc1OC. The van der Waals surface area contributed by atoms with Crippen LogP contribution in [-0.2, 0) is 17.9 Å². The average molecular weight is 417 g/mol. The number of nitrogens with zero attached hydrogens (tertiary/aromatic N) is 3. The van der Waals surface area contributed by atoms with Gasteiger partial charge in [-0.25, -0.2) is 9.48 Å². The fraction of sp³-hybridized carbons (Fsp3) is 0.208. The molecule has 0 radical (unpaired) electrons. The Morgan fingerprint density at radius 1 is 0.968 bits per heavy atom. The molecule has 7 heteroatoms. The van der Waals surface area contributed by atoms with E-state index >= 15 is 0 Å². The molecule has 0 atom stereocenters.